The zero-order valence-corrected chi connectivity index (χ0v) is 58.2. The van der Waals surface area contributed by atoms with Crippen molar-refractivity contribution in [3.63, 3.8) is 0 Å². The molecule has 0 saturated carbocycles. The topological polar surface area (TPSA) is 304 Å². The van der Waals surface area contributed by atoms with Gasteiger partial charge in [0.05, 0.1) is 53.7 Å². The number of hydrogen-bond acceptors (Lipinski definition) is 15. The summed E-state index contributed by atoms with van der Waals surface area (Å²) in [4.78, 5) is 83.8. The number of aliphatic hydroxyl groups is 2. The van der Waals surface area contributed by atoms with Crippen LogP contribution in [0, 0.1) is 0 Å². The van der Waals surface area contributed by atoms with Gasteiger partial charge in [-0.1, -0.05) is 143 Å². The molecule has 7 amide bonds. The third-order valence-corrected chi connectivity index (χ3v) is 14.3. The van der Waals surface area contributed by atoms with Crippen molar-refractivity contribution in [1.82, 2.24) is 26.2 Å². The molecule has 0 aliphatic carbocycles. The van der Waals surface area contributed by atoms with E-state index in [1.54, 1.807) is 175 Å². The fourth-order valence-corrected chi connectivity index (χ4v) is 9.65. The number of carbonyl (C=O) groups excluding carboxylic acids is 7. The van der Waals surface area contributed by atoms with Crippen LogP contribution in [-0.4, -0.2) is 107 Å². The first-order chi connectivity index (χ1) is 45.1. The molecule has 7 aromatic carbocycles. The molecule has 0 bridgehead atoms. The summed E-state index contributed by atoms with van der Waals surface area (Å²) in [5.41, 5.74) is 15.2. The average Bonchev–Trinajstić information content (AvgIpc) is 1.62. The number of aliphatic hydroxyl groups excluding tert-OH is 2. The summed E-state index contributed by atoms with van der Waals surface area (Å²) < 4.78 is 20.5. The number of ether oxygens (including phenoxy) is 4. The number of rotatable bonds is 13. The van der Waals surface area contributed by atoms with Crippen molar-refractivity contribution in [2.45, 2.75) is 110 Å². The van der Waals surface area contributed by atoms with Gasteiger partial charge in [-0.15, -0.1) is 0 Å². The van der Waals surface area contributed by atoms with Gasteiger partial charge in [-0.2, -0.15) is 0 Å². The molecule has 3 heterocycles. The number of carbonyl (C=O) groups is 7. The number of fused-ring (bicyclic) bond motifs is 2. The summed E-state index contributed by atoms with van der Waals surface area (Å²) in [5, 5.41) is 32.2. The number of alkyl carbamates (subject to hydrolysis) is 3. The highest BCUT2D eigenvalue weighted by molar-refractivity contribution is 6.32. The normalized spacial score (nSPS) is 14.6. The lowest BCUT2D eigenvalue weighted by Crippen LogP contribution is -2.42. The maximum atomic E-state index is 12.9. The minimum Gasteiger partial charge on any atom is -0.444 e. The van der Waals surface area contributed by atoms with Crippen LogP contribution in [-0.2, 0) is 18.9 Å². The fourth-order valence-electron chi connectivity index (χ4n) is 8.66. The first-order valence-corrected chi connectivity index (χ1v) is 32.0. The number of halogens is 5. The molecular weight excluding hydrogens is 1340 g/mol. The Balaban J connectivity index is 0.000000217. The van der Waals surface area contributed by atoms with Gasteiger partial charge in [0.25, 0.3) is 23.6 Å². The molecule has 0 aromatic heterocycles. The molecule has 3 aliphatic rings. The van der Waals surface area contributed by atoms with Gasteiger partial charge in [0.1, 0.15) is 22.9 Å². The van der Waals surface area contributed by atoms with Crippen LogP contribution in [0.2, 0.25) is 25.1 Å². The minimum absolute atomic E-state index is 0.000718. The molecule has 1 saturated heterocycles. The molecule has 10 N–H and O–H groups in total. The fraction of sp³-hybridized carbons (Fsp3) is 0.310. The Morgan fingerprint density at radius 3 is 1.24 bits per heavy atom. The smallest absolute Gasteiger partial charge is 0.407 e. The lowest BCUT2D eigenvalue weighted by molar-refractivity contribution is 0.0467. The maximum absolute atomic E-state index is 12.9. The van der Waals surface area contributed by atoms with Gasteiger partial charge in [0.2, 0.25) is 0 Å². The minimum atomic E-state index is -0.809. The number of imide groups is 2. The van der Waals surface area contributed by atoms with Crippen LogP contribution in [0.5, 0.6) is 0 Å². The first-order valence-electron chi connectivity index (χ1n) is 30.1. The Morgan fingerprint density at radius 2 is 0.844 bits per heavy atom. The molecule has 512 valence electrons. The van der Waals surface area contributed by atoms with Crippen LogP contribution in [0.15, 0.2) is 170 Å². The second-order valence-corrected chi connectivity index (χ2v) is 26.7. The van der Waals surface area contributed by atoms with E-state index in [0.29, 0.717) is 66.1 Å². The zero-order valence-electron chi connectivity index (χ0n) is 54.5. The number of amides is 7. The zero-order chi connectivity index (χ0) is 71.1. The maximum Gasteiger partial charge on any atom is 0.407 e. The van der Waals surface area contributed by atoms with Gasteiger partial charge in [-0.25, -0.2) is 14.4 Å². The predicted molar refractivity (Wildman–Crippen MR) is 372 cm³/mol. The molecule has 20 nitrogen and oxygen atoms in total. The first kappa shape index (κ1) is 78.6. The number of nitrogens with zero attached hydrogens (tertiary/aromatic N) is 1. The van der Waals surface area contributed by atoms with Gasteiger partial charge >= 0.3 is 18.3 Å². The molecule has 3 aliphatic heterocycles. The van der Waals surface area contributed by atoms with Gasteiger partial charge in [0.15, 0.2) is 0 Å². The molecular formula is C71H80Cl5N7O13. The van der Waals surface area contributed by atoms with Crippen molar-refractivity contribution in [1.29, 1.82) is 0 Å². The SMILES string of the molecule is CC(C)(C)OC(=O)NC[C@@H](N)c1cccc(Cl)c1.CC(C)(C)OC(=O)NC[C@H](O)c1cccc(Cl)c1.CC(C)(C)OC(=O)NC[C@H](c1cccc(Cl)c1)N1C(=O)c2ccccc2C1=O.Clc1cccc([C@@H]2CO2)c1.NC[C@H](O)c1cccc(Cl)c1.O=C1NC(=O)c2ccccc21. The molecule has 5 atom stereocenters. The van der Waals surface area contributed by atoms with Crippen LogP contribution in [0.25, 0.3) is 0 Å². The Bertz CT molecular complexity index is 3650. The summed E-state index contributed by atoms with van der Waals surface area (Å²) in [5.74, 6) is -1.41. The number of nitrogens with one attached hydrogen (secondary N) is 4. The van der Waals surface area contributed by atoms with E-state index in [1.807, 2.05) is 57.2 Å². The third kappa shape index (κ3) is 27.2. The molecule has 96 heavy (non-hydrogen) atoms. The average molecular weight is 1420 g/mol. The molecule has 7 aromatic rings. The van der Waals surface area contributed by atoms with E-state index in [1.165, 1.54) is 5.56 Å². The van der Waals surface area contributed by atoms with Crippen molar-refractivity contribution in [3.05, 3.63) is 245 Å². The lowest BCUT2D eigenvalue weighted by Gasteiger charge is -2.28. The Hall–Kier alpha value is -8.12. The standard InChI is InChI=1S/C21H21ClN2O4.C13H19ClN2O2.C13H18ClNO3.C8H10ClNO.C8H7ClO.C8H5NO2/c1-21(2,3)28-20(27)23-12-17(13-7-6-8-14(22)11-13)24-18(25)15-9-4-5-10-16(15)19(24)26;1-13(2,3)18-12(17)16-8-11(15)9-5-4-6-10(14)7-9;1-13(2,3)18-12(17)15-8-11(16)9-5-4-6-10(14)7-9;9-7-3-1-2-6(4-7)8(11)5-10;9-7-3-1-2-6(4-7)8-5-10-8;10-7-5-3-1-2-4-6(5)8(11)9-7/h4-11,17H,12H2,1-3H3,(H,23,27);4-7,11H,8,15H2,1-3H3,(H,16,17);4-7,11,16H,8H2,1-3H3,(H,15,17);1-4,8,11H,5,10H2;1-4,8H,5H2;1-4H,(H,9,10,11)/t17-;2*11-;2*8-;/m11000./s1. The summed E-state index contributed by atoms with van der Waals surface area (Å²) in [6, 6.07) is 48.2. The number of benzene rings is 7. The summed E-state index contributed by atoms with van der Waals surface area (Å²) in [6.07, 6.45) is -2.75. The molecule has 10 rings (SSSR count). The Morgan fingerprint density at radius 1 is 0.500 bits per heavy atom. The van der Waals surface area contributed by atoms with E-state index in [2.05, 4.69) is 21.3 Å². The van der Waals surface area contributed by atoms with E-state index < -0.39 is 65.1 Å². The molecule has 0 unspecified atom stereocenters. The molecule has 25 heteroatoms. The van der Waals surface area contributed by atoms with Crippen molar-refractivity contribution in [2.75, 3.05) is 32.8 Å². The highest BCUT2D eigenvalue weighted by Gasteiger charge is 2.41. The van der Waals surface area contributed by atoms with Crippen molar-refractivity contribution < 1.29 is 62.7 Å². The van der Waals surface area contributed by atoms with Gasteiger partial charge in [0, 0.05) is 50.8 Å². The van der Waals surface area contributed by atoms with Crippen LogP contribution >= 0.6 is 58.0 Å². The monoisotopic (exact) mass is 1410 g/mol. The molecule has 0 spiro atoms. The molecule has 1 fully saturated rings. The van der Waals surface area contributed by atoms with Crippen LogP contribution in [0.3, 0.4) is 0 Å². The van der Waals surface area contributed by atoms with Crippen LogP contribution < -0.4 is 32.7 Å². The quantitative estimate of drug-likeness (QED) is 0.0302. The van der Waals surface area contributed by atoms with Crippen molar-refractivity contribution in [3.8, 4) is 0 Å². The second kappa shape index (κ2) is 36.8. The Labute approximate surface area is 584 Å². The van der Waals surface area contributed by atoms with Crippen molar-refractivity contribution in [2.24, 2.45) is 11.5 Å². The molecule has 0 radical (unpaired) electrons. The third-order valence-electron chi connectivity index (χ3n) is 13.1. The highest BCUT2D eigenvalue weighted by atomic mass is 35.5. The van der Waals surface area contributed by atoms with Crippen LogP contribution in [0.4, 0.5) is 14.4 Å². The van der Waals surface area contributed by atoms with E-state index in [9.17, 15) is 43.8 Å². The largest absolute Gasteiger partial charge is 0.444 e. The van der Waals surface area contributed by atoms with Crippen LogP contribution in [0.1, 0.15) is 162 Å². The van der Waals surface area contributed by atoms with E-state index >= 15 is 0 Å². The Kier molecular flexibility index (Phi) is 30.2. The second-order valence-electron chi connectivity index (χ2n) is 24.5. The number of epoxide rings is 1. The van der Waals surface area contributed by atoms with Gasteiger partial charge in [-0.05, 0) is 175 Å². The van der Waals surface area contributed by atoms with E-state index in [4.69, 9.17) is 88.4 Å². The van der Waals surface area contributed by atoms with E-state index in [-0.39, 0.29) is 37.5 Å². The predicted octanol–water partition coefficient (Wildman–Crippen LogP) is 14.3. The van der Waals surface area contributed by atoms with Crippen molar-refractivity contribution >= 4 is 99.9 Å². The van der Waals surface area contributed by atoms with Gasteiger partial charge < -0.3 is 56.6 Å². The summed E-state index contributed by atoms with van der Waals surface area (Å²) in [7, 11) is 0. The van der Waals surface area contributed by atoms with E-state index in [0.717, 1.165) is 27.7 Å². The number of nitrogens with two attached hydrogens (primary N) is 2. The summed E-state index contributed by atoms with van der Waals surface area (Å²) in [6.45, 7) is 17.5. The lowest BCUT2D eigenvalue weighted by atomic mass is 10.1. The van der Waals surface area contributed by atoms with Gasteiger partial charge in [-0.3, -0.25) is 29.4 Å². The highest BCUT2D eigenvalue weighted by Crippen LogP contribution is 2.33. The summed E-state index contributed by atoms with van der Waals surface area (Å²) >= 11 is 29.2. The number of hydrogen-bond donors (Lipinski definition) is 8.